The highest BCUT2D eigenvalue weighted by atomic mass is 16.5. The van der Waals surface area contributed by atoms with Crippen molar-refractivity contribution in [3.63, 3.8) is 0 Å². The molecular weight excluding hydrogens is 236 g/mol. The average Bonchev–Trinajstić information content (AvgIpc) is 2.36. The van der Waals surface area contributed by atoms with Crippen molar-refractivity contribution in [1.29, 1.82) is 0 Å². The van der Waals surface area contributed by atoms with E-state index in [4.69, 9.17) is 14.2 Å². The third-order valence-electron chi connectivity index (χ3n) is 2.46. The van der Waals surface area contributed by atoms with Gasteiger partial charge in [-0.15, -0.1) is 0 Å². The molecule has 0 amide bonds. The summed E-state index contributed by atoms with van der Waals surface area (Å²) in [6, 6.07) is 5.17. The van der Waals surface area contributed by atoms with Gasteiger partial charge in [0.05, 0.1) is 19.8 Å². The van der Waals surface area contributed by atoms with Crippen molar-refractivity contribution in [3.8, 4) is 11.5 Å². The van der Waals surface area contributed by atoms with Gasteiger partial charge in [-0.3, -0.25) is 0 Å². The van der Waals surface area contributed by atoms with Crippen LogP contribution in [0.4, 0.5) is 0 Å². The zero-order valence-electron chi connectivity index (χ0n) is 10.9. The van der Waals surface area contributed by atoms with Crippen LogP contribution in [0.2, 0.25) is 0 Å². The van der Waals surface area contributed by atoms with Crippen LogP contribution in [0.15, 0.2) is 18.2 Å². The molecule has 0 aromatic heterocycles. The van der Waals surface area contributed by atoms with E-state index >= 15 is 0 Å². The van der Waals surface area contributed by atoms with Crippen LogP contribution in [0, 0.1) is 0 Å². The molecule has 0 radical (unpaired) electrons. The van der Waals surface area contributed by atoms with Gasteiger partial charge in [0.1, 0.15) is 24.2 Å². The van der Waals surface area contributed by atoms with Gasteiger partial charge >= 0.3 is 0 Å². The molecule has 5 heteroatoms. The summed E-state index contributed by atoms with van der Waals surface area (Å²) in [6.07, 6.45) is -1.35. The van der Waals surface area contributed by atoms with E-state index in [0.29, 0.717) is 17.1 Å². The summed E-state index contributed by atoms with van der Waals surface area (Å²) in [4.78, 5) is 0. The van der Waals surface area contributed by atoms with E-state index in [1.807, 2.05) is 0 Å². The Morgan fingerprint density at radius 3 is 2.44 bits per heavy atom. The highest BCUT2D eigenvalue weighted by molar-refractivity contribution is 5.41. The zero-order chi connectivity index (χ0) is 13.5. The molecule has 0 aliphatic carbocycles. The van der Waals surface area contributed by atoms with E-state index in [1.165, 1.54) is 7.11 Å². The molecule has 1 rings (SSSR count). The lowest BCUT2D eigenvalue weighted by Crippen LogP contribution is -2.23. The number of benzene rings is 1. The summed E-state index contributed by atoms with van der Waals surface area (Å²) >= 11 is 0. The predicted molar refractivity (Wildman–Crippen MR) is 67.0 cm³/mol. The molecule has 0 saturated carbocycles. The fourth-order valence-electron chi connectivity index (χ4n) is 1.54. The van der Waals surface area contributed by atoms with Gasteiger partial charge in [0, 0.05) is 18.7 Å². The molecule has 0 fully saturated rings. The molecule has 1 aromatic rings. The van der Waals surface area contributed by atoms with Gasteiger partial charge in [-0.2, -0.15) is 0 Å². The first-order valence-corrected chi connectivity index (χ1v) is 5.74. The number of aliphatic hydroxyl groups excluding tert-OH is 2. The molecule has 0 heterocycles. The Morgan fingerprint density at radius 2 is 1.89 bits per heavy atom. The van der Waals surface area contributed by atoms with Crippen LogP contribution in [0.1, 0.15) is 18.6 Å². The summed E-state index contributed by atoms with van der Waals surface area (Å²) in [5, 5.41) is 19.2. The van der Waals surface area contributed by atoms with Crippen LogP contribution >= 0.6 is 0 Å². The third-order valence-corrected chi connectivity index (χ3v) is 2.46. The van der Waals surface area contributed by atoms with Crippen LogP contribution in [0.25, 0.3) is 0 Å². The summed E-state index contributed by atoms with van der Waals surface area (Å²) in [7, 11) is 3.07. The Kier molecular flexibility index (Phi) is 5.91. The Morgan fingerprint density at radius 1 is 1.17 bits per heavy atom. The first-order chi connectivity index (χ1) is 8.58. The van der Waals surface area contributed by atoms with Crippen LogP contribution in [0.3, 0.4) is 0 Å². The highest BCUT2D eigenvalue weighted by Gasteiger charge is 2.12. The van der Waals surface area contributed by atoms with Crippen LogP contribution in [-0.4, -0.2) is 43.8 Å². The lowest BCUT2D eigenvalue weighted by molar-refractivity contribution is 0.0316. The predicted octanol–water partition coefficient (Wildman–Crippen LogP) is 1.13. The van der Waals surface area contributed by atoms with Crippen molar-refractivity contribution < 1.29 is 24.4 Å². The molecule has 102 valence electrons. The maximum Gasteiger partial charge on any atom is 0.128 e. The van der Waals surface area contributed by atoms with E-state index < -0.39 is 12.2 Å². The molecule has 2 N–H and O–H groups in total. The Balaban J connectivity index is 2.77. The highest BCUT2D eigenvalue weighted by Crippen LogP contribution is 2.29. The summed E-state index contributed by atoms with van der Waals surface area (Å²) in [5.74, 6) is 1.13. The molecule has 2 unspecified atom stereocenters. The summed E-state index contributed by atoms with van der Waals surface area (Å²) < 4.78 is 15.4. The van der Waals surface area contributed by atoms with Crippen molar-refractivity contribution in [1.82, 2.24) is 0 Å². The van der Waals surface area contributed by atoms with Gasteiger partial charge in [-0.05, 0) is 19.1 Å². The molecule has 0 bridgehead atoms. The monoisotopic (exact) mass is 256 g/mol. The van der Waals surface area contributed by atoms with Gasteiger partial charge in [0.25, 0.3) is 0 Å². The van der Waals surface area contributed by atoms with E-state index in [1.54, 1.807) is 32.2 Å². The normalized spacial score (nSPS) is 14.1. The first-order valence-electron chi connectivity index (χ1n) is 5.74. The van der Waals surface area contributed by atoms with Gasteiger partial charge in [0.2, 0.25) is 0 Å². The molecule has 2 atom stereocenters. The standard InChI is InChI=1S/C13H20O5/c1-9(14)12-5-4-11(17-3)6-13(12)18-8-10(15)7-16-2/h4-6,9-10,14-15H,7-8H2,1-3H3. The second kappa shape index (κ2) is 7.20. The average molecular weight is 256 g/mol. The maximum atomic E-state index is 9.63. The van der Waals surface area contributed by atoms with Crippen molar-refractivity contribution in [2.24, 2.45) is 0 Å². The molecule has 5 nitrogen and oxygen atoms in total. The minimum atomic E-state index is -0.706. The smallest absolute Gasteiger partial charge is 0.128 e. The molecule has 18 heavy (non-hydrogen) atoms. The number of ether oxygens (including phenoxy) is 3. The van der Waals surface area contributed by atoms with E-state index in [0.717, 1.165) is 0 Å². The lowest BCUT2D eigenvalue weighted by Gasteiger charge is -2.16. The zero-order valence-corrected chi connectivity index (χ0v) is 10.9. The topological polar surface area (TPSA) is 68.2 Å². The van der Waals surface area contributed by atoms with Crippen LogP contribution < -0.4 is 9.47 Å². The minimum absolute atomic E-state index is 0.0979. The molecule has 0 aliphatic rings. The Labute approximate surface area is 107 Å². The maximum absolute atomic E-state index is 9.63. The SMILES string of the molecule is COCC(O)COc1cc(OC)ccc1C(C)O. The number of aliphatic hydroxyl groups is 2. The van der Waals surface area contributed by atoms with E-state index in [9.17, 15) is 10.2 Å². The Hall–Kier alpha value is -1.30. The number of hydrogen-bond acceptors (Lipinski definition) is 5. The molecular formula is C13H20O5. The molecule has 1 aromatic carbocycles. The fourth-order valence-corrected chi connectivity index (χ4v) is 1.54. The summed E-state index contributed by atoms with van der Waals surface area (Å²) in [5.41, 5.74) is 0.653. The van der Waals surface area contributed by atoms with Gasteiger partial charge in [-0.25, -0.2) is 0 Å². The van der Waals surface area contributed by atoms with Crippen molar-refractivity contribution in [3.05, 3.63) is 23.8 Å². The van der Waals surface area contributed by atoms with Gasteiger partial charge in [-0.1, -0.05) is 0 Å². The van der Waals surface area contributed by atoms with Crippen molar-refractivity contribution in [2.75, 3.05) is 27.4 Å². The quantitative estimate of drug-likeness (QED) is 0.765. The number of methoxy groups -OCH3 is 2. The third kappa shape index (κ3) is 4.18. The minimum Gasteiger partial charge on any atom is -0.497 e. The van der Waals surface area contributed by atoms with Crippen LogP contribution in [0.5, 0.6) is 11.5 Å². The van der Waals surface area contributed by atoms with Crippen molar-refractivity contribution >= 4 is 0 Å². The second-order valence-corrected chi connectivity index (χ2v) is 4.00. The lowest BCUT2D eigenvalue weighted by atomic mass is 10.1. The number of hydrogen-bond donors (Lipinski definition) is 2. The van der Waals surface area contributed by atoms with Crippen molar-refractivity contribution in [2.45, 2.75) is 19.1 Å². The van der Waals surface area contributed by atoms with Crippen LogP contribution in [-0.2, 0) is 4.74 Å². The molecule has 0 aliphatic heterocycles. The Bertz CT molecular complexity index is 364. The molecule has 0 saturated heterocycles. The van der Waals surface area contributed by atoms with Gasteiger partial charge in [0.15, 0.2) is 0 Å². The fraction of sp³-hybridized carbons (Fsp3) is 0.538. The molecule has 0 spiro atoms. The van der Waals surface area contributed by atoms with E-state index in [-0.39, 0.29) is 13.2 Å². The first kappa shape index (κ1) is 14.8. The van der Waals surface area contributed by atoms with Gasteiger partial charge < -0.3 is 24.4 Å². The second-order valence-electron chi connectivity index (χ2n) is 4.00. The number of rotatable bonds is 7. The largest absolute Gasteiger partial charge is 0.497 e. The van der Waals surface area contributed by atoms with E-state index in [2.05, 4.69) is 0 Å². The summed E-state index contributed by atoms with van der Waals surface area (Å²) in [6.45, 7) is 1.95.